The molecule has 6 nitrogen and oxygen atoms in total. The van der Waals surface area contributed by atoms with Gasteiger partial charge in [-0.2, -0.15) is 0 Å². The predicted molar refractivity (Wildman–Crippen MR) is 68.6 cm³/mol. The summed E-state index contributed by atoms with van der Waals surface area (Å²) in [4.78, 5) is 19.4. The number of carbonyl (C=O) groups is 1. The van der Waals surface area contributed by atoms with Crippen LogP contribution in [0.1, 0.15) is 11.0 Å². The van der Waals surface area contributed by atoms with Gasteiger partial charge in [-0.15, -0.1) is 0 Å². The van der Waals surface area contributed by atoms with Crippen LogP contribution in [0.5, 0.6) is 0 Å². The Kier molecular flexibility index (Phi) is 1.67. The molecule has 94 valence electrons. The lowest BCUT2D eigenvalue weighted by atomic mass is 9.98. The van der Waals surface area contributed by atoms with E-state index in [0.29, 0.717) is 17.0 Å². The van der Waals surface area contributed by atoms with Crippen molar-refractivity contribution in [1.29, 1.82) is 0 Å². The number of methoxy groups -OCH3 is 1. The predicted octanol–water partition coefficient (Wildman–Crippen LogP) is 1.33. The lowest BCUT2D eigenvalue weighted by molar-refractivity contribution is -0.121. The smallest absolute Gasteiger partial charge is 0.252 e. The summed E-state index contributed by atoms with van der Waals surface area (Å²) in [7, 11) is -2.55. The van der Waals surface area contributed by atoms with Gasteiger partial charge in [-0.1, -0.05) is 0 Å². The van der Waals surface area contributed by atoms with Crippen LogP contribution in [0.15, 0.2) is 18.5 Å². The fourth-order valence-electron chi connectivity index (χ4n) is 2.08. The number of pyridine rings is 1. The monoisotopic (exact) mass is 249 g/mol. The van der Waals surface area contributed by atoms with E-state index in [-0.39, 0.29) is 12.5 Å². The van der Waals surface area contributed by atoms with Crippen molar-refractivity contribution in [3.05, 3.63) is 18.5 Å². The summed E-state index contributed by atoms with van der Waals surface area (Å²) in [6.45, 7) is 1.32. The van der Waals surface area contributed by atoms with Crippen molar-refractivity contribution >= 4 is 28.3 Å². The summed E-state index contributed by atoms with van der Waals surface area (Å²) < 4.78 is 26.1. The lowest BCUT2D eigenvalue weighted by Gasteiger charge is -2.35. The number of aromatic amines is 1. The molecule has 1 atom stereocenters. The number of H-pyrrole nitrogens is 1. The Morgan fingerprint density at radius 3 is 3.33 bits per heavy atom. The van der Waals surface area contributed by atoms with Crippen molar-refractivity contribution in [2.45, 2.75) is 12.5 Å². The number of fused-ring (bicyclic) bond motifs is 3. The molecule has 0 fully saturated rings. The molecular formula is C12H14N4O2. The van der Waals surface area contributed by atoms with Gasteiger partial charge in [0.25, 0.3) is 5.91 Å². The van der Waals surface area contributed by atoms with E-state index in [9.17, 15) is 4.79 Å². The van der Waals surface area contributed by atoms with Gasteiger partial charge < -0.3 is 20.4 Å². The molecule has 3 rings (SSSR count). The molecule has 0 spiro atoms. The first-order valence-corrected chi connectivity index (χ1v) is 5.48. The molecule has 0 saturated carbocycles. The van der Waals surface area contributed by atoms with E-state index in [2.05, 4.69) is 20.6 Å². The highest BCUT2D eigenvalue weighted by Crippen LogP contribution is 2.35. The van der Waals surface area contributed by atoms with Crippen LogP contribution < -0.4 is 10.6 Å². The standard InChI is InChI=1S/C12H14N4O2/c1-12(6-18-2)11(17)15-8-5-14-10-7(3-4-13-10)9(8)16-12/h3-5,16H,6H2,1-2H3,(H,13,14)(H,15,17)/i2D3. The highest BCUT2D eigenvalue weighted by atomic mass is 16.5. The zero-order valence-electron chi connectivity index (χ0n) is 12.7. The minimum absolute atomic E-state index is 0.275. The fraction of sp³-hybridized carbons (Fsp3) is 0.333. The number of carbonyl (C=O) groups excluding carboxylic acids is 1. The second-order valence-corrected chi connectivity index (χ2v) is 4.49. The molecule has 2 aromatic heterocycles. The molecule has 0 aliphatic carbocycles. The quantitative estimate of drug-likeness (QED) is 0.750. The topological polar surface area (TPSA) is 79.0 Å². The van der Waals surface area contributed by atoms with E-state index in [1.165, 1.54) is 0 Å². The van der Waals surface area contributed by atoms with Gasteiger partial charge in [0.2, 0.25) is 0 Å². The van der Waals surface area contributed by atoms with Crippen LogP contribution in [0.4, 0.5) is 11.4 Å². The molecule has 3 N–H and O–H groups in total. The van der Waals surface area contributed by atoms with Crippen LogP contribution in [0.2, 0.25) is 0 Å². The molecule has 2 aromatic rings. The number of nitrogens with one attached hydrogen (secondary N) is 3. The van der Waals surface area contributed by atoms with Crippen LogP contribution in [0.3, 0.4) is 0 Å². The summed E-state index contributed by atoms with van der Waals surface area (Å²) in [5.74, 6) is -0.365. The first kappa shape index (κ1) is 8.10. The maximum Gasteiger partial charge on any atom is 0.252 e. The molecule has 0 radical (unpaired) electrons. The van der Waals surface area contributed by atoms with Crippen molar-refractivity contribution in [1.82, 2.24) is 9.97 Å². The summed E-state index contributed by atoms with van der Waals surface area (Å²) in [6.07, 6.45) is 3.29. The van der Waals surface area contributed by atoms with Crippen LogP contribution >= 0.6 is 0 Å². The van der Waals surface area contributed by atoms with Crippen molar-refractivity contribution in [3.63, 3.8) is 0 Å². The van der Waals surface area contributed by atoms with Crippen LogP contribution in [0.25, 0.3) is 11.0 Å². The normalized spacial score (nSPS) is 25.6. The number of hydrogen-bond acceptors (Lipinski definition) is 4. The van der Waals surface area contributed by atoms with Gasteiger partial charge in [0.15, 0.2) is 0 Å². The SMILES string of the molecule is [2H]C([2H])([2H])OCC1(C)Nc2c(cnc3[nH]ccc23)NC1=O. The van der Waals surface area contributed by atoms with E-state index in [4.69, 9.17) is 8.85 Å². The van der Waals surface area contributed by atoms with Gasteiger partial charge in [-0.25, -0.2) is 4.98 Å². The average Bonchev–Trinajstić information content (AvgIpc) is 2.86. The van der Waals surface area contributed by atoms with Crippen molar-refractivity contribution in [2.75, 3.05) is 24.3 Å². The van der Waals surface area contributed by atoms with E-state index < -0.39 is 12.6 Å². The number of aromatic nitrogens is 2. The molecule has 1 unspecified atom stereocenters. The van der Waals surface area contributed by atoms with E-state index in [1.807, 2.05) is 6.07 Å². The van der Waals surface area contributed by atoms with E-state index in [0.717, 1.165) is 5.39 Å². The number of rotatable bonds is 2. The highest BCUT2D eigenvalue weighted by molar-refractivity contribution is 6.11. The third kappa shape index (κ3) is 1.46. The molecular weight excluding hydrogens is 232 g/mol. The molecule has 0 aromatic carbocycles. The number of anilines is 2. The number of ether oxygens (including phenoxy) is 1. The second-order valence-electron chi connectivity index (χ2n) is 4.49. The fourth-order valence-corrected chi connectivity index (χ4v) is 2.08. The first-order chi connectivity index (χ1) is 9.78. The average molecular weight is 249 g/mol. The van der Waals surface area contributed by atoms with Crippen molar-refractivity contribution < 1.29 is 13.6 Å². The van der Waals surface area contributed by atoms with Crippen LogP contribution in [0, 0.1) is 0 Å². The molecule has 0 saturated heterocycles. The van der Waals surface area contributed by atoms with Gasteiger partial charge in [-0.05, 0) is 13.0 Å². The summed E-state index contributed by atoms with van der Waals surface area (Å²) in [6, 6.07) is 1.83. The molecule has 18 heavy (non-hydrogen) atoms. The van der Waals surface area contributed by atoms with Gasteiger partial charge in [-0.3, -0.25) is 4.79 Å². The first-order valence-electron chi connectivity index (χ1n) is 6.98. The highest BCUT2D eigenvalue weighted by Gasteiger charge is 2.38. The van der Waals surface area contributed by atoms with Gasteiger partial charge in [0.1, 0.15) is 11.2 Å². The second kappa shape index (κ2) is 3.71. The minimum Gasteiger partial charge on any atom is -0.382 e. The van der Waals surface area contributed by atoms with E-state index >= 15 is 0 Å². The Morgan fingerprint density at radius 1 is 1.61 bits per heavy atom. The number of nitrogens with zero attached hydrogens (tertiary/aromatic N) is 1. The molecule has 1 aliphatic rings. The maximum atomic E-state index is 12.2. The Hall–Kier alpha value is -2.08. The molecule has 3 heterocycles. The summed E-state index contributed by atoms with van der Waals surface area (Å²) in [5.41, 5.74) is 0.750. The molecule has 6 heteroatoms. The van der Waals surface area contributed by atoms with E-state index in [1.54, 1.807) is 19.3 Å². The Bertz CT molecular complexity index is 712. The Morgan fingerprint density at radius 2 is 2.50 bits per heavy atom. The van der Waals surface area contributed by atoms with Gasteiger partial charge >= 0.3 is 0 Å². The van der Waals surface area contributed by atoms with Gasteiger partial charge in [0, 0.05) is 18.6 Å². The molecule has 1 amide bonds. The Balaban J connectivity index is 1.96. The number of amides is 1. The summed E-state index contributed by atoms with van der Waals surface area (Å²) in [5, 5.41) is 6.62. The van der Waals surface area contributed by atoms with Gasteiger partial charge in [0.05, 0.1) is 28.3 Å². The zero-order valence-corrected chi connectivity index (χ0v) is 9.70. The summed E-state index contributed by atoms with van der Waals surface area (Å²) >= 11 is 0. The third-order valence-corrected chi connectivity index (χ3v) is 3.10. The zero-order chi connectivity index (χ0) is 15.3. The molecule has 0 bridgehead atoms. The largest absolute Gasteiger partial charge is 0.382 e. The van der Waals surface area contributed by atoms with Crippen LogP contribution in [-0.2, 0) is 9.53 Å². The lowest BCUT2D eigenvalue weighted by Crippen LogP contribution is -2.53. The Labute approximate surface area is 108 Å². The van der Waals surface area contributed by atoms with Crippen molar-refractivity contribution in [2.24, 2.45) is 0 Å². The van der Waals surface area contributed by atoms with Crippen LogP contribution in [-0.4, -0.2) is 35.1 Å². The minimum atomic E-state index is -2.55. The third-order valence-electron chi connectivity index (χ3n) is 3.10. The molecule has 1 aliphatic heterocycles. The van der Waals surface area contributed by atoms with Crippen molar-refractivity contribution in [3.8, 4) is 0 Å². The number of hydrogen-bond donors (Lipinski definition) is 3. The maximum absolute atomic E-state index is 12.2.